The number of amides is 1. The Morgan fingerprint density at radius 2 is 2.00 bits per heavy atom. The van der Waals surface area contributed by atoms with Crippen LogP contribution in [0.3, 0.4) is 0 Å². The highest BCUT2D eigenvalue weighted by Gasteiger charge is 2.25. The third kappa shape index (κ3) is 6.12. The van der Waals surface area contributed by atoms with Gasteiger partial charge < -0.3 is 20.4 Å². The third-order valence-corrected chi connectivity index (χ3v) is 4.41. The minimum absolute atomic E-state index is 0.181. The van der Waals surface area contributed by atoms with Gasteiger partial charge >= 0.3 is 11.9 Å². The maximum absolute atomic E-state index is 12.1. The standard InChI is InChI=1S/C15H21N3O5S/c1-24-7-4-12(15(22)23)17-13(19)11(8-16)9-18-5-2-10(3-6-18)14(20)21/h9-10,12H,2-7H2,1H3,(H,17,19)(H,20,21)(H,22,23)/b11-9-. The Bertz CT molecular complexity index is 550. The molecule has 1 rings (SSSR count). The fourth-order valence-electron chi connectivity index (χ4n) is 2.33. The molecule has 1 saturated heterocycles. The summed E-state index contributed by atoms with van der Waals surface area (Å²) < 4.78 is 0. The Hall–Kier alpha value is -2.21. The molecule has 1 fully saturated rings. The first-order valence-electron chi connectivity index (χ1n) is 7.50. The number of carboxylic acids is 2. The van der Waals surface area contributed by atoms with Crippen molar-refractivity contribution in [2.45, 2.75) is 25.3 Å². The molecule has 132 valence electrons. The lowest BCUT2D eigenvalue weighted by Crippen LogP contribution is -2.42. The number of thioether (sulfide) groups is 1. The first-order valence-corrected chi connectivity index (χ1v) is 8.89. The molecule has 0 aromatic heterocycles. The van der Waals surface area contributed by atoms with Crippen molar-refractivity contribution in [1.29, 1.82) is 5.26 Å². The van der Waals surface area contributed by atoms with E-state index in [2.05, 4.69) is 5.32 Å². The van der Waals surface area contributed by atoms with Crippen LogP contribution in [-0.2, 0) is 14.4 Å². The largest absolute Gasteiger partial charge is 0.481 e. The number of piperidine rings is 1. The lowest BCUT2D eigenvalue weighted by molar-refractivity contribution is -0.143. The molecule has 1 atom stereocenters. The minimum atomic E-state index is -1.14. The van der Waals surface area contributed by atoms with Gasteiger partial charge in [0.15, 0.2) is 0 Å². The van der Waals surface area contributed by atoms with Gasteiger partial charge in [-0.25, -0.2) is 4.79 Å². The summed E-state index contributed by atoms with van der Waals surface area (Å²) in [6.07, 6.45) is 4.36. The van der Waals surface area contributed by atoms with E-state index >= 15 is 0 Å². The molecule has 9 heteroatoms. The normalized spacial score (nSPS) is 17.0. The van der Waals surface area contributed by atoms with E-state index < -0.39 is 29.8 Å². The molecule has 1 aliphatic rings. The lowest BCUT2D eigenvalue weighted by Gasteiger charge is -2.29. The van der Waals surface area contributed by atoms with Gasteiger partial charge in [0.05, 0.1) is 5.92 Å². The van der Waals surface area contributed by atoms with Gasteiger partial charge in [0, 0.05) is 19.3 Å². The topological polar surface area (TPSA) is 131 Å². The smallest absolute Gasteiger partial charge is 0.326 e. The molecule has 1 aliphatic heterocycles. The van der Waals surface area contributed by atoms with Gasteiger partial charge in [-0.15, -0.1) is 0 Å². The van der Waals surface area contributed by atoms with Gasteiger partial charge in [-0.2, -0.15) is 17.0 Å². The number of likely N-dealkylation sites (tertiary alicyclic amines) is 1. The molecule has 0 saturated carbocycles. The van der Waals surface area contributed by atoms with Crippen molar-refractivity contribution in [3.8, 4) is 6.07 Å². The van der Waals surface area contributed by atoms with Crippen molar-refractivity contribution in [1.82, 2.24) is 10.2 Å². The van der Waals surface area contributed by atoms with Crippen LogP contribution >= 0.6 is 11.8 Å². The van der Waals surface area contributed by atoms with Crippen LogP contribution in [0.4, 0.5) is 0 Å². The second-order valence-corrected chi connectivity index (χ2v) is 6.43. The number of carbonyl (C=O) groups excluding carboxylic acids is 1. The van der Waals surface area contributed by atoms with Crippen LogP contribution < -0.4 is 5.32 Å². The van der Waals surface area contributed by atoms with Crippen molar-refractivity contribution in [3.63, 3.8) is 0 Å². The van der Waals surface area contributed by atoms with E-state index in [1.165, 1.54) is 18.0 Å². The van der Waals surface area contributed by atoms with E-state index in [0.29, 0.717) is 31.7 Å². The summed E-state index contributed by atoms with van der Waals surface area (Å²) in [7, 11) is 0. The lowest BCUT2D eigenvalue weighted by atomic mass is 9.97. The molecule has 0 aliphatic carbocycles. The van der Waals surface area contributed by atoms with Crippen molar-refractivity contribution in [2.24, 2.45) is 5.92 Å². The molecular formula is C15H21N3O5S. The molecule has 0 aromatic carbocycles. The van der Waals surface area contributed by atoms with Crippen molar-refractivity contribution >= 4 is 29.6 Å². The van der Waals surface area contributed by atoms with Gasteiger partial charge in [0.1, 0.15) is 17.7 Å². The number of carboxylic acid groups (broad SMARTS) is 2. The Labute approximate surface area is 144 Å². The number of nitrogens with zero attached hydrogens (tertiary/aromatic N) is 2. The second kappa shape index (κ2) is 9.82. The molecule has 1 amide bonds. The van der Waals surface area contributed by atoms with Crippen LogP contribution in [0.5, 0.6) is 0 Å². The minimum Gasteiger partial charge on any atom is -0.481 e. The second-order valence-electron chi connectivity index (χ2n) is 5.45. The Kier molecular flexibility index (Phi) is 8.12. The Morgan fingerprint density at radius 1 is 1.38 bits per heavy atom. The molecule has 8 nitrogen and oxygen atoms in total. The quantitative estimate of drug-likeness (QED) is 0.424. The van der Waals surface area contributed by atoms with Crippen LogP contribution in [0, 0.1) is 17.2 Å². The van der Waals surface area contributed by atoms with Crippen LogP contribution in [-0.4, -0.2) is 64.1 Å². The number of carbonyl (C=O) groups is 3. The fourth-order valence-corrected chi connectivity index (χ4v) is 2.80. The van der Waals surface area contributed by atoms with Gasteiger partial charge in [0.25, 0.3) is 5.91 Å². The summed E-state index contributed by atoms with van der Waals surface area (Å²) in [5.74, 6) is -2.54. The van der Waals surface area contributed by atoms with Crippen molar-refractivity contribution < 1.29 is 24.6 Å². The molecule has 24 heavy (non-hydrogen) atoms. The first-order chi connectivity index (χ1) is 11.4. The highest BCUT2D eigenvalue weighted by molar-refractivity contribution is 7.98. The summed E-state index contributed by atoms with van der Waals surface area (Å²) in [6.45, 7) is 0.870. The third-order valence-electron chi connectivity index (χ3n) is 3.77. The monoisotopic (exact) mass is 355 g/mol. The van der Waals surface area contributed by atoms with Gasteiger partial charge in [0.2, 0.25) is 0 Å². The van der Waals surface area contributed by atoms with E-state index in [9.17, 15) is 14.4 Å². The predicted octanol–water partition coefficient (Wildman–Crippen LogP) is 0.513. The van der Waals surface area contributed by atoms with E-state index in [1.54, 1.807) is 11.0 Å². The summed E-state index contributed by atoms with van der Waals surface area (Å²) >= 11 is 1.47. The van der Waals surface area contributed by atoms with Gasteiger partial charge in [-0.05, 0) is 31.3 Å². The van der Waals surface area contributed by atoms with Gasteiger partial charge in [-0.1, -0.05) is 0 Å². The molecule has 1 heterocycles. The van der Waals surface area contributed by atoms with E-state index in [4.69, 9.17) is 15.5 Å². The average molecular weight is 355 g/mol. The number of nitrogens with one attached hydrogen (secondary N) is 1. The Morgan fingerprint density at radius 3 is 2.46 bits per heavy atom. The average Bonchev–Trinajstić information content (AvgIpc) is 2.56. The number of hydrogen-bond donors (Lipinski definition) is 3. The van der Waals surface area contributed by atoms with E-state index in [-0.39, 0.29) is 12.0 Å². The van der Waals surface area contributed by atoms with Crippen LogP contribution in [0.25, 0.3) is 0 Å². The number of rotatable bonds is 8. The zero-order valence-corrected chi connectivity index (χ0v) is 14.2. The van der Waals surface area contributed by atoms with E-state index in [1.807, 2.05) is 6.26 Å². The maximum atomic E-state index is 12.1. The summed E-state index contributed by atoms with van der Waals surface area (Å²) in [6, 6.07) is 0.734. The summed E-state index contributed by atoms with van der Waals surface area (Å²) in [5, 5.41) is 29.6. The SMILES string of the molecule is CSCCC(NC(=O)/C(C#N)=C\N1CCC(C(=O)O)CC1)C(=O)O. The van der Waals surface area contributed by atoms with Crippen LogP contribution in [0.2, 0.25) is 0 Å². The molecule has 0 aromatic rings. The predicted molar refractivity (Wildman–Crippen MR) is 88.2 cm³/mol. The molecule has 0 bridgehead atoms. The summed E-state index contributed by atoms with van der Waals surface area (Å²) in [5.41, 5.74) is -0.181. The highest BCUT2D eigenvalue weighted by Crippen LogP contribution is 2.18. The van der Waals surface area contributed by atoms with Crippen molar-refractivity contribution in [2.75, 3.05) is 25.1 Å². The molecule has 0 spiro atoms. The van der Waals surface area contributed by atoms with Crippen LogP contribution in [0.15, 0.2) is 11.8 Å². The molecule has 1 unspecified atom stereocenters. The number of hydrogen-bond acceptors (Lipinski definition) is 6. The zero-order chi connectivity index (χ0) is 18.1. The maximum Gasteiger partial charge on any atom is 0.326 e. The number of nitriles is 1. The zero-order valence-electron chi connectivity index (χ0n) is 13.4. The molecule has 3 N–H and O–H groups in total. The molecule has 0 radical (unpaired) electrons. The fraction of sp³-hybridized carbons (Fsp3) is 0.600. The molecular weight excluding hydrogens is 334 g/mol. The first kappa shape index (κ1) is 19.8. The highest BCUT2D eigenvalue weighted by atomic mass is 32.2. The number of aliphatic carboxylic acids is 2. The van der Waals surface area contributed by atoms with Gasteiger partial charge in [-0.3, -0.25) is 9.59 Å². The van der Waals surface area contributed by atoms with Crippen LogP contribution in [0.1, 0.15) is 19.3 Å². The van der Waals surface area contributed by atoms with E-state index in [0.717, 1.165) is 0 Å². The summed E-state index contributed by atoms with van der Waals surface area (Å²) in [4.78, 5) is 35.9. The Balaban J connectivity index is 2.67. The van der Waals surface area contributed by atoms with Crippen molar-refractivity contribution in [3.05, 3.63) is 11.8 Å².